The first kappa shape index (κ1) is 29.4. The number of benzene rings is 3. The van der Waals surface area contributed by atoms with Gasteiger partial charge in [0.1, 0.15) is 17.0 Å². The van der Waals surface area contributed by atoms with Crippen LogP contribution in [0, 0.1) is 11.2 Å². The Morgan fingerprint density at radius 3 is 2.63 bits per heavy atom. The maximum absolute atomic E-state index is 16.1. The molecule has 3 aromatic rings. The van der Waals surface area contributed by atoms with Crippen LogP contribution in [-0.4, -0.2) is 48.4 Å². The molecule has 0 saturated carbocycles. The number of hydrogen-bond donors (Lipinski definition) is 3. The lowest BCUT2D eigenvalue weighted by atomic mass is 9.61. The number of ether oxygens (including phenoxy) is 1. The highest BCUT2D eigenvalue weighted by Crippen LogP contribution is 2.62. The molecule has 4 atom stereocenters. The first-order chi connectivity index (χ1) is 20.4. The molecule has 2 fully saturated rings. The van der Waals surface area contributed by atoms with Gasteiger partial charge in [-0.2, -0.15) is 0 Å². The van der Waals surface area contributed by atoms with Gasteiger partial charge in [0.25, 0.3) is 0 Å². The molecule has 0 bridgehead atoms. The Labute approximate surface area is 258 Å². The molecule has 0 unspecified atom stereocenters. The molecule has 3 heterocycles. The number of anilines is 2. The average Bonchev–Trinajstić information content (AvgIpc) is 3.40. The largest absolute Gasteiger partial charge is 0.495 e. The molecule has 3 amide bonds. The van der Waals surface area contributed by atoms with Crippen molar-refractivity contribution in [1.29, 1.82) is 0 Å². The summed E-state index contributed by atoms with van der Waals surface area (Å²) >= 11 is 12.7. The van der Waals surface area contributed by atoms with E-state index in [0.29, 0.717) is 34.9 Å². The zero-order valence-corrected chi connectivity index (χ0v) is 25.4. The van der Waals surface area contributed by atoms with Crippen LogP contribution in [0.15, 0.2) is 54.6 Å². The van der Waals surface area contributed by atoms with Gasteiger partial charge in [0, 0.05) is 28.2 Å². The number of carbonyl (C=O) groups excluding carboxylic acids is 3. The second-order valence-electron chi connectivity index (χ2n) is 12.2. The van der Waals surface area contributed by atoms with Gasteiger partial charge < -0.3 is 21.1 Å². The fourth-order valence-electron chi connectivity index (χ4n) is 7.33. The number of nitrogens with two attached hydrogens (primary N) is 1. The third-order valence-corrected chi connectivity index (χ3v) is 9.79. The summed E-state index contributed by atoms with van der Waals surface area (Å²) in [7, 11) is 1.41. The van der Waals surface area contributed by atoms with Crippen molar-refractivity contribution in [2.45, 2.75) is 50.1 Å². The maximum atomic E-state index is 16.1. The molecular formula is C32H31Cl2FN4O4. The number of piperidine rings is 1. The Kier molecular flexibility index (Phi) is 7.18. The predicted octanol–water partition coefficient (Wildman–Crippen LogP) is 5.73. The molecule has 3 aromatic carbocycles. The zero-order valence-electron chi connectivity index (χ0n) is 23.8. The number of rotatable bonds is 5. The molecule has 2 saturated heterocycles. The minimum Gasteiger partial charge on any atom is -0.495 e. The number of halogens is 3. The third kappa shape index (κ3) is 4.56. The van der Waals surface area contributed by atoms with E-state index in [1.165, 1.54) is 31.4 Å². The average molecular weight is 626 g/mol. The van der Waals surface area contributed by atoms with Crippen LogP contribution >= 0.6 is 23.2 Å². The van der Waals surface area contributed by atoms with Gasteiger partial charge in [-0.3, -0.25) is 19.3 Å². The second-order valence-corrected chi connectivity index (χ2v) is 13.1. The maximum Gasteiger partial charge on any atom is 0.248 e. The summed E-state index contributed by atoms with van der Waals surface area (Å²) in [6.45, 7) is 4.78. The van der Waals surface area contributed by atoms with Crippen LogP contribution < -0.4 is 21.1 Å². The SMILES string of the molecule is COc1cc(C(N)=O)ccc1NC(=O)[C@H]1[C@H](c2cccc(Cl)c2F)[C@]2(C(=O)Nc3cc(Cl)ccc32)[C@@H]2CC(C)(C)CCN21. The molecule has 0 aliphatic carbocycles. The van der Waals surface area contributed by atoms with E-state index in [2.05, 4.69) is 24.5 Å². The highest BCUT2D eigenvalue weighted by molar-refractivity contribution is 6.31. The summed E-state index contributed by atoms with van der Waals surface area (Å²) in [6.07, 6.45) is 1.35. The molecule has 43 heavy (non-hydrogen) atoms. The normalized spacial score (nSPS) is 25.6. The van der Waals surface area contributed by atoms with Crippen molar-refractivity contribution < 1.29 is 23.5 Å². The van der Waals surface area contributed by atoms with E-state index in [1.807, 2.05) is 4.90 Å². The van der Waals surface area contributed by atoms with Gasteiger partial charge in [0.2, 0.25) is 17.7 Å². The third-order valence-electron chi connectivity index (χ3n) is 9.26. The van der Waals surface area contributed by atoms with Gasteiger partial charge in [0.15, 0.2) is 0 Å². The minimum atomic E-state index is -1.33. The molecule has 224 valence electrons. The predicted molar refractivity (Wildman–Crippen MR) is 163 cm³/mol. The van der Waals surface area contributed by atoms with Crippen LogP contribution in [0.5, 0.6) is 5.75 Å². The highest BCUT2D eigenvalue weighted by Gasteiger charge is 2.70. The summed E-state index contributed by atoms with van der Waals surface area (Å²) in [4.78, 5) is 42.7. The molecule has 6 rings (SSSR count). The van der Waals surface area contributed by atoms with Crippen LogP contribution in [0.1, 0.15) is 54.1 Å². The van der Waals surface area contributed by atoms with Gasteiger partial charge in [-0.15, -0.1) is 0 Å². The summed E-state index contributed by atoms with van der Waals surface area (Å²) in [5.41, 5.74) is 5.86. The summed E-state index contributed by atoms with van der Waals surface area (Å²) in [5.74, 6) is -2.81. The van der Waals surface area contributed by atoms with E-state index >= 15 is 4.39 Å². The van der Waals surface area contributed by atoms with E-state index in [1.54, 1.807) is 30.3 Å². The number of nitrogens with zero attached hydrogens (tertiary/aromatic N) is 1. The second kappa shape index (κ2) is 10.5. The number of carbonyl (C=O) groups is 3. The summed E-state index contributed by atoms with van der Waals surface area (Å²) in [6, 6.07) is 12.9. The fraction of sp³-hybridized carbons (Fsp3) is 0.344. The van der Waals surface area contributed by atoms with Crippen molar-refractivity contribution in [2.75, 3.05) is 24.3 Å². The quantitative estimate of drug-likeness (QED) is 0.336. The van der Waals surface area contributed by atoms with Crippen molar-refractivity contribution in [1.82, 2.24) is 4.90 Å². The lowest BCUT2D eigenvalue weighted by Crippen LogP contribution is -2.54. The van der Waals surface area contributed by atoms with Crippen molar-refractivity contribution in [2.24, 2.45) is 11.1 Å². The summed E-state index contributed by atoms with van der Waals surface area (Å²) in [5, 5.41) is 6.30. The fourth-order valence-corrected chi connectivity index (χ4v) is 7.69. The van der Waals surface area contributed by atoms with Crippen molar-refractivity contribution in [3.05, 3.63) is 87.2 Å². The first-order valence-electron chi connectivity index (χ1n) is 14.0. The van der Waals surface area contributed by atoms with Crippen LogP contribution in [0.25, 0.3) is 0 Å². The Balaban J connectivity index is 1.57. The molecule has 4 N–H and O–H groups in total. The van der Waals surface area contributed by atoms with E-state index in [0.717, 1.165) is 6.42 Å². The highest BCUT2D eigenvalue weighted by atomic mass is 35.5. The number of fused-ring (bicyclic) bond motifs is 4. The first-order valence-corrected chi connectivity index (χ1v) is 14.7. The summed E-state index contributed by atoms with van der Waals surface area (Å²) < 4.78 is 21.5. The monoisotopic (exact) mass is 624 g/mol. The Morgan fingerprint density at radius 2 is 1.91 bits per heavy atom. The standard InChI is InChI=1S/C32H31Cl2FN4O4/c1-31(2)11-12-39-24(15-31)32(19-9-8-17(33)14-22(19)38-30(32)42)25(18-5-4-6-20(34)26(18)35)27(39)29(41)37-21-10-7-16(28(36)40)13-23(21)43-3/h4-10,13-14,24-25,27H,11-12,15H2,1-3H3,(H2,36,40)(H,37,41)(H,38,42)/t24-,25-,27+,32+/m0/s1. The molecule has 1 spiro atoms. The van der Waals surface area contributed by atoms with Crippen molar-refractivity contribution in [3.8, 4) is 5.75 Å². The Bertz CT molecular complexity index is 1680. The molecule has 11 heteroatoms. The number of hydrogen-bond acceptors (Lipinski definition) is 5. The Hall–Kier alpha value is -3.66. The van der Waals surface area contributed by atoms with Crippen LogP contribution in [0.3, 0.4) is 0 Å². The van der Waals surface area contributed by atoms with E-state index in [-0.39, 0.29) is 33.2 Å². The number of amides is 3. The van der Waals surface area contributed by atoms with E-state index < -0.39 is 41.0 Å². The molecule has 3 aliphatic rings. The molecular weight excluding hydrogens is 594 g/mol. The van der Waals surface area contributed by atoms with Gasteiger partial charge in [0.05, 0.1) is 23.9 Å². The lowest BCUT2D eigenvalue weighted by molar-refractivity contribution is -0.123. The zero-order chi connectivity index (χ0) is 30.8. The topological polar surface area (TPSA) is 114 Å². The van der Waals surface area contributed by atoms with Gasteiger partial charge >= 0.3 is 0 Å². The van der Waals surface area contributed by atoms with E-state index in [4.69, 9.17) is 33.7 Å². The molecule has 8 nitrogen and oxygen atoms in total. The minimum absolute atomic E-state index is 0.101. The smallest absolute Gasteiger partial charge is 0.248 e. The van der Waals surface area contributed by atoms with Crippen LogP contribution in [0.4, 0.5) is 15.8 Å². The van der Waals surface area contributed by atoms with Crippen LogP contribution in [-0.2, 0) is 15.0 Å². The number of primary amides is 1. The van der Waals surface area contributed by atoms with Crippen molar-refractivity contribution in [3.63, 3.8) is 0 Å². The number of methoxy groups -OCH3 is 1. The number of nitrogens with one attached hydrogen (secondary N) is 2. The van der Waals surface area contributed by atoms with Crippen molar-refractivity contribution >= 4 is 52.3 Å². The van der Waals surface area contributed by atoms with Gasteiger partial charge in [-0.25, -0.2) is 4.39 Å². The van der Waals surface area contributed by atoms with Gasteiger partial charge in [-0.1, -0.05) is 55.2 Å². The Morgan fingerprint density at radius 1 is 1.14 bits per heavy atom. The lowest BCUT2D eigenvalue weighted by Gasteiger charge is -2.45. The molecule has 3 aliphatic heterocycles. The molecule has 0 radical (unpaired) electrons. The van der Waals surface area contributed by atoms with Crippen LogP contribution in [0.2, 0.25) is 10.0 Å². The van der Waals surface area contributed by atoms with Gasteiger partial charge in [-0.05, 0) is 72.3 Å². The molecule has 0 aromatic heterocycles. The van der Waals surface area contributed by atoms with E-state index in [9.17, 15) is 14.4 Å².